The molecule has 0 aliphatic carbocycles. The molecule has 0 saturated heterocycles. The van der Waals surface area contributed by atoms with Gasteiger partial charge in [0.15, 0.2) is 0 Å². The molecule has 1 aliphatic rings. The largest absolute Gasteiger partial charge is 0.497 e. The molecule has 0 fully saturated rings. The number of ether oxygens (including phenoxy) is 1. The lowest BCUT2D eigenvalue weighted by Crippen LogP contribution is -2.42. The molecule has 0 spiro atoms. The fraction of sp³-hybridized carbons (Fsp3) is 0.174. The standard InChI is InChI=1S/C23H21ClN6O2/c1-26-28-23(27-16-8-10-17(32-2)11-9-16)29-12-13-30-18(14-29)19(22(25)31)20(24)21(30)15-6-4-3-5-7-15/h3-11H,12-14H2,2H3,(H2,25,31)(H,27,28). The SMILES string of the molecule is [C-]#[N+]/N=C(\Nc1ccc(OC)cc1)N1CCn2c(c(C(N)=O)c(Cl)c2-c2ccccc2)C1. The maximum atomic E-state index is 12.3. The van der Waals surface area contributed by atoms with Crippen LogP contribution in [0.1, 0.15) is 16.1 Å². The molecule has 3 aromatic rings. The minimum Gasteiger partial charge on any atom is -0.497 e. The van der Waals surface area contributed by atoms with E-state index in [1.165, 1.54) is 0 Å². The van der Waals surface area contributed by atoms with Crippen LogP contribution in [0.3, 0.4) is 0 Å². The van der Waals surface area contributed by atoms with Gasteiger partial charge < -0.3 is 25.3 Å². The van der Waals surface area contributed by atoms with Gasteiger partial charge >= 0.3 is 0 Å². The first-order chi connectivity index (χ1) is 15.5. The number of primary amides is 1. The third-order valence-corrected chi connectivity index (χ3v) is 5.70. The number of hydrogen-bond donors (Lipinski definition) is 2. The van der Waals surface area contributed by atoms with E-state index in [1.807, 2.05) is 64.1 Å². The van der Waals surface area contributed by atoms with Gasteiger partial charge in [0.2, 0.25) is 0 Å². The molecule has 162 valence electrons. The Balaban J connectivity index is 1.69. The van der Waals surface area contributed by atoms with Crippen LogP contribution in [0.5, 0.6) is 5.75 Å². The van der Waals surface area contributed by atoms with Gasteiger partial charge in [0.25, 0.3) is 11.9 Å². The monoisotopic (exact) mass is 448 g/mol. The molecule has 3 N–H and O–H groups in total. The molecule has 32 heavy (non-hydrogen) atoms. The van der Waals surface area contributed by atoms with Gasteiger partial charge in [-0.2, -0.15) is 6.57 Å². The summed E-state index contributed by atoms with van der Waals surface area (Å²) in [6, 6.07) is 17.0. The van der Waals surface area contributed by atoms with Crippen molar-refractivity contribution < 1.29 is 9.53 Å². The van der Waals surface area contributed by atoms with Gasteiger partial charge in [-0.15, -0.1) is 4.95 Å². The number of benzene rings is 2. The molecule has 1 aliphatic heterocycles. The van der Waals surface area contributed by atoms with Crippen molar-refractivity contribution in [1.29, 1.82) is 0 Å². The van der Waals surface area contributed by atoms with Crippen LogP contribution in [0.4, 0.5) is 5.69 Å². The van der Waals surface area contributed by atoms with Crippen molar-refractivity contribution in [3.05, 3.63) is 82.4 Å². The van der Waals surface area contributed by atoms with Crippen LogP contribution in [0, 0.1) is 6.57 Å². The molecule has 1 aromatic heterocycles. The second-order valence-electron chi connectivity index (χ2n) is 7.16. The van der Waals surface area contributed by atoms with E-state index in [2.05, 4.69) is 15.4 Å². The maximum Gasteiger partial charge on any atom is 0.285 e. The number of anilines is 1. The molecule has 9 heteroatoms. The lowest BCUT2D eigenvalue weighted by Gasteiger charge is -2.31. The predicted octanol–water partition coefficient (Wildman–Crippen LogP) is 4.03. The molecule has 0 unspecified atom stereocenters. The average molecular weight is 449 g/mol. The van der Waals surface area contributed by atoms with E-state index in [0.717, 1.165) is 22.7 Å². The molecular formula is C23H21ClN6O2. The normalized spacial score (nSPS) is 13.3. The second kappa shape index (κ2) is 9.04. The van der Waals surface area contributed by atoms with Gasteiger partial charge in [-0.25, -0.2) is 0 Å². The van der Waals surface area contributed by atoms with Gasteiger partial charge in [-0.3, -0.25) is 4.79 Å². The number of nitrogens with one attached hydrogen (secondary N) is 1. The van der Waals surface area contributed by atoms with E-state index >= 15 is 0 Å². The smallest absolute Gasteiger partial charge is 0.285 e. The first-order valence-electron chi connectivity index (χ1n) is 9.90. The van der Waals surface area contributed by atoms with E-state index in [1.54, 1.807) is 7.11 Å². The second-order valence-corrected chi connectivity index (χ2v) is 7.54. The van der Waals surface area contributed by atoms with Gasteiger partial charge in [0.1, 0.15) is 10.9 Å². The summed E-state index contributed by atoms with van der Waals surface area (Å²) < 4.78 is 7.21. The summed E-state index contributed by atoms with van der Waals surface area (Å²) in [5.41, 5.74) is 9.12. The van der Waals surface area contributed by atoms with Crippen molar-refractivity contribution in [3.8, 4) is 17.0 Å². The fourth-order valence-electron chi connectivity index (χ4n) is 3.85. The number of rotatable bonds is 4. The summed E-state index contributed by atoms with van der Waals surface area (Å²) in [5, 5.41) is 7.48. The number of halogens is 1. The molecule has 2 aromatic carbocycles. The molecule has 0 bridgehead atoms. The number of hydrogen-bond acceptors (Lipinski definition) is 3. The highest BCUT2D eigenvalue weighted by atomic mass is 35.5. The Morgan fingerprint density at radius 3 is 2.53 bits per heavy atom. The van der Waals surface area contributed by atoms with Crippen LogP contribution in [0.2, 0.25) is 5.02 Å². The zero-order valence-corrected chi connectivity index (χ0v) is 18.1. The highest BCUT2D eigenvalue weighted by molar-refractivity contribution is 6.36. The first-order valence-corrected chi connectivity index (χ1v) is 10.3. The summed E-state index contributed by atoms with van der Waals surface area (Å²) >= 11 is 6.65. The van der Waals surface area contributed by atoms with Crippen molar-refractivity contribution in [2.24, 2.45) is 10.8 Å². The summed E-state index contributed by atoms with van der Waals surface area (Å²) in [5.74, 6) is 0.518. The van der Waals surface area contributed by atoms with Crippen LogP contribution in [0.15, 0.2) is 59.7 Å². The predicted molar refractivity (Wildman–Crippen MR) is 124 cm³/mol. The number of nitrogens with zero attached hydrogens (tertiary/aromatic N) is 4. The van der Waals surface area contributed by atoms with Crippen molar-refractivity contribution in [1.82, 2.24) is 9.47 Å². The van der Waals surface area contributed by atoms with Gasteiger partial charge in [0.05, 0.1) is 35.6 Å². The number of guanidine groups is 1. The van der Waals surface area contributed by atoms with Crippen LogP contribution in [0.25, 0.3) is 16.2 Å². The third kappa shape index (κ3) is 3.98. The van der Waals surface area contributed by atoms with Gasteiger partial charge in [-0.05, 0) is 29.8 Å². The Kier molecular flexibility index (Phi) is 6.01. The number of nitrogens with two attached hydrogens (primary N) is 1. The lowest BCUT2D eigenvalue weighted by molar-refractivity contribution is 0.0998. The maximum absolute atomic E-state index is 12.3. The van der Waals surface area contributed by atoms with Crippen molar-refractivity contribution in [3.63, 3.8) is 0 Å². The summed E-state index contributed by atoms with van der Waals surface area (Å²) in [4.78, 5) is 17.4. The molecule has 0 atom stereocenters. The van der Waals surface area contributed by atoms with Crippen molar-refractivity contribution in [2.45, 2.75) is 13.1 Å². The fourth-order valence-corrected chi connectivity index (χ4v) is 4.27. The van der Waals surface area contributed by atoms with Gasteiger partial charge in [-0.1, -0.05) is 41.9 Å². The molecule has 0 radical (unpaired) electrons. The Morgan fingerprint density at radius 2 is 1.91 bits per heavy atom. The minimum atomic E-state index is -0.588. The number of carbonyl (C=O) groups is 1. The molecular weight excluding hydrogens is 428 g/mol. The number of fused-ring (bicyclic) bond motifs is 1. The Hall–Kier alpha value is -3.96. The number of carbonyl (C=O) groups excluding carboxylic acids is 1. The Bertz CT molecular complexity index is 1210. The summed E-state index contributed by atoms with van der Waals surface area (Å²) in [6.45, 7) is 8.67. The first kappa shape index (κ1) is 21.3. The Labute approximate surface area is 190 Å². The topological polar surface area (TPSA) is 89.2 Å². The summed E-state index contributed by atoms with van der Waals surface area (Å²) in [6.07, 6.45) is 0. The van der Waals surface area contributed by atoms with E-state index < -0.39 is 5.91 Å². The zero-order valence-electron chi connectivity index (χ0n) is 17.4. The average Bonchev–Trinajstić information content (AvgIpc) is 3.11. The van der Waals surface area contributed by atoms with Crippen LogP contribution >= 0.6 is 11.6 Å². The summed E-state index contributed by atoms with van der Waals surface area (Å²) in [7, 11) is 1.60. The molecule has 1 amide bonds. The van der Waals surface area contributed by atoms with E-state index in [9.17, 15) is 4.79 Å². The van der Waals surface area contributed by atoms with Crippen LogP contribution in [-0.2, 0) is 13.1 Å². The van der Waals surface area contributed by atoms with Crippen LogP contribution in [-0.4, -0.2) is 35.0 Å². The molecule has 2 heterocycles. The highest BCUT2D eigenvalue weighted by Gasteiger charge is 2.31. The highest BCUT2D eigenvalue weighted by Crippen LogP contribution is 2.37. The van der Waals surface area contributed by atoms with E-state index in [4.69, 9.17) is 28.6 Å². The number of methoxy groups -OCH3 is 1. The van der Waals surface area contributed by atoms with E-state index in [0.29, 0.717) is 41.9 Å². The van der Waals surface area contributed by atoms with E-state index in [-0.39, 0.29) is 0 Å². The zero-order chi connectivity index (χ0) is 22.7. The van der Waals surface area contributed by atoms with Crippen molar-refractivity contribution >= 4 is 29.2 Å². The Morgan fingerprint density at radius 1 is 1.19 bits per heavy atom. The lowest BCUT2D eigenvalue weighted by atomic mass is 10.1. The number of aromatic nitrogens is 1. The van der Waals surface area contributed by atoms with Crippen molar-refractivity contribution in [2.75, 3.05) is 19.0 Å². The molecule has 4 rings (SSSR count). The molecule has 0 saturated carbocycles. The number of amides is 1. The third-order valence-electron chi connectivity index (χ3n) is 5.33. The van der Waals surface area contributed by atoms with Crippen LogP contribution < -0.4 is 15.8 Å². The quantitative estimate of drug-likeness (QED) is 0.273. The minimum absolute atomic E-state index is 0.293. The molecule has 8 nitrogen and oxygen atoms in total. The van der Waals surface area contributed by atoms with Gasteiger partial charge in [0, 0.05) is 18.8 Å².